The Kier molecular flexibility index (Phi) is 11.0. The van der Waals surface area contributed by atoms with Gasteiger partial charge in [-0.3, -0.25) is 9.98 Å². The van der Waals surface area contributed by atoms with Gasteiger partial charge in [-0.05, 0) is 109 Å². The minimum absolute atomic E-state index is 0.741. The van der Waals surface area contributed by atoms with Crippen molar-refractivity contribution in [2.75, 3.05) is 13.2 Å². The third-order valence-electron chi connectivity index (χ3n) is 7.01. The first-order valence-corrected chi connectivity index (χ1v) is 15.3. The second-order valence-corrected chi connectivity index (χ2v) is 10.4. The molecule has 0 aliphatic heterocycles. The molecule has 5 aromatic carbocycles. The number of benzene rings is 5. The summed E-state index contributed by atoms with van der Waals surface area (Å²) in [5.41, 5.74) is 5.30. The molecule has 44 heavy (non-hydrogen) atoms. The second kappa shape index (κ2) is 15.9. The van der Waals surface area contributed by atoms with Gasteiger partial charge in [0.15, 0.2) is 0 Å². The number of azo groups is 1. The molecule has 5 rings (SSSR count). The molecular weight excluding hydrogens is 544 g/mol. The van der Waals surface area contributed by atoms with Gasteiger partial charge >= 0.3 is 0 Å². The van der Waals surface area contributed by atoms with Crippen LogP contribution in [0, 0.1) is 0 Å². The molecule has 0 atom stereocenters. The van der Waals surface area contributed by atoms with Crippen LogP contribution in [0.1, 0.15) is 50.7 Å². The first-order chi connectivity index (χ1) is 21.7. The molecule has 0 aliphatic rings. The van der Waals surface area contributed by atoms with Crippen LogP contribution in [-0.2, 0) is 0 Å². The van der Waals surface area contributed by atoms with E-state index < -0.39 is 0 Å². The van der Waals surface area contributed by atoms with Crippen LogP contribution in [0.3, 0.4) is 0 Å². The van der Waals surface area contributed by atoms with E-state index in [0.29, 0.717) is 0 Å². The summed E-state index contributed by atoms with van der Waals surface area (Å²) >= 11 is 0. The molecule has 6 nitrogen and oxygen atoms in total. The fourth-order valence-electron chi connectivity index (χ4n) is 4.45. The first-order valence-electron chi connectivity index (χ1n) is 15.3. The fourth-order valence-corrected chi connectivity index (χ4v) is 4.45. The third-order valence-corrected chi connectivity index (χ3v) is 7.01. The standard InChI is InChI=1S/C38H38N4O2/c1-3-5-25-43-33-19-11-29(12-20-33)27-39-31-15-17-32(18-16-31)41-42-38-24-23-37(35-9-7-8-10-36(35)38)40-28-30-13-21-34(22-14-30)44-26-6-4-2/h7-24,27-28H,3-6,25-26H2,1-2H3. The summed E-state index contributed by atoms with van der Waals surface area (Å²) in [7, 11) is 0. The monoisotopic (exact) mass is 582 g/mol. The van der Waals surface area contributed by atoms with Gasteiger partial charge < -0.3 is 9.47 Å². The van der Waals surface area contributed by atoms with Gasteiger partial charge in [-0.2, -0.15) is 5.11 Å². The highest BCUT2D eigenvalue weighted by molar-refractivity contribution is 6.01. The average Bonchev–Trinajstić information content (AvgIpc) is 3.07. The SMILES string of the molecule is CCCCOc1ccc(C=Nc2ccc(N=Nc3ccc(N=Cc4ccc(OCCCC)cc4)c4ccccc34)cc2)cc1. The van der Waals surface area contributed by atoms with E-state index in [1.54, 1.807) is 0 Å². The molecule has 222 valence electrons. The lowest BCUT2D eigenvalue weighted by Gasteiger charge is -2.06. The summed E-state index contributed by atoms with van der Waals surface area (Å²) in [6, 6.07) is 35.8. The van der Waals surface area contributed by atoms with Gasteiger partial charge in [-0.15, -0.1) is 5.11 Å². The summed E-state index contributed by atoms with van der Waals surface area (Å²) in [4.78, 5) is 9.37. The number of fused-ring (bicyclic) bond motifs is 1. The molecule has 0 radical (unpaired) electrons. The fraction of sp³-hybridized carbons (Fsp3) is 0.211. The van der Waals surface area contributed by atoms with Crippen LogP contribution in [0.25, 0.3) is 10.8 Å². The number of aliphatic imine (C=N–C) groups is 2. The van der Waals surface area contributed by atoms with E-state index in [2.05, 4.69) is 35.1 Å². The Morgan fingerprint density at radius 3 is 1.57 bits per heavy atom. The van der Waals surface area contributed by atoms with E-state index in [1.807, 2.05) is 116 Å². The zero-order valence-electron chi connectivity index (χ0n) is 25.4. The van der Waals surface area contributed by atoms with E-state index in [-0.39, 0.29) is 0 Å². The second-order valence-electron chi connectivity index (χ2n) is 10.4. The molecule has 0 aromatic heterocycles. The van der Waals surface area contributed by atoms with E-state index in [4.69, 9.17) is 14.5 Å². The van der Waals surface area contributed by atoms with E-state index >= 15 is 0 Å². The number of ether oxygens (including phenoxy) is 2. The van der Waals surface area contributed by atoms with Crippen LogP contribution >= 0.6 is 0 Å². The van der Waals surface area contributed by atoms with E-state index in [9.17, 15) is 0 Å². The van der Waals surface area contributed by atoms with Gasteiger partial charge in [0.05, 0.1) is 36.0 Å². The number of nitrogens with zero attached hydrogens (tertiary/aromatic N) is 4. The topological polar surface area (TPSA) is 67.9 Å². The van der Waals surface area contributed by atoms with Crippen molar-refractivity contribution in [2.24, 2.45) is 20.2 Å². The van der Waals surface area contributed by atoms with Gasteiger partial charge in [0, 0.05) is 23.2 Å². The van der Waals surface area contributed by atoms with Crippen molar-refractivity contribution in [2.45, 2.75) is 39.5 Å². The maximum atomic E-state index is 5.76. The Morgan fingerprint density at radius 1 is 0.500 bits per heavy atom. The van der Waals surface area contributed by atoms with Crippen molar-refractivity contribution in [1.29, 1.82) is 0 Å². The predicted molar refractivity (Wildman–Crippen MR) is 183 cm³/mol. The summed E-state index contributed by atoms with van der Waals surface area (Å²) < 4.78 is 11.5. The van der Waals surface area contributed by atoms with Gasteiger partial charge in [-0.25, -0.2) is 0 Å². The molecule has 6 heteroatoms. The summed E-state index contributed by atoms with van der Waals surface area (Å²) in [6.07, 6.45) is 8.08. The smallest absolute Gasteiger partial charge is 0.119 e. The Balaban J connectivity index is 1.23. The highest BCUT2D eigenvalue weighted by atomic mass is 16.5. The zero-order chi connectivity index (χ0) is 30.4. The maximum absolute atomic E-state index is 5.76. The van der Waals surface area contributed by atoms with Crippen molar-refractivity contribution < 1.29 is 9.47 Å². The summed E-state index contributed by atoms with van der Waals surface area (Å²) in [6.45, 7) is 5.80. The van der Waals surface area contributed by atoms with Crippen LogP contribution in [0.15, 0.2) is 129 Å². The molecule has 0 spiro atoms. The minimum Gasteiger partial charge on any atom is -0.494 e. The van der Waals surface area contributed by atoms with Crippen molar-refractivity contribution in [3.05, 3.63) is 120 Å². The van der Waals surface area contributed by atoms with Gasteiger partial charge in [0.2, 0.25) is 0 Å². The molecule has 0 unspecified atom stereocenters. The van der Waals surface area contributed by atoms with Crippen molar-refractivity contribution in [3.8, 4) is 11.5 Å². The average molecular weight is 583 g/mol. The van der Waals surface area contributed by atoms with Crippen LogP contribution in [0.4, 0.5) is 22.7 Å². The summed E-state index contributed by atoms with van der Waals surface area (Å²) in [5.74, 6) is 1.77. The van der Waals surface area contributed by atoms with Gasteiger partial charge in [0.1, 0.15) is 11.5 Å². The van der Waals surface area contributed by atoms with E-state index in [0.717, 1.165) is 95.0 Å². The predicted octanol–water partition coefficient (Wildman–Crippen LogP) is 11.1. The van der Waals surface area contributed by atoms with Crippen LogP contribution in [0.5, 0.6) is 11.5 Å². The van der Waals surface area contributed by atoms with Crippen LogP contribution < -0.4 is 9.47 Å². The molecule has 0 bridgehead atoms. The van der Waals surface area contributed by atoms with Crippen LogP contribution in [0.2, 0.25) is 0 Å². The Bertz CT molecular complexity index is 1710. The lowest BCUT2D eigenvalue weighted by molar-refractivity contribution is 0.309. The maximum Gasteiger partial charge on any atom is 0.119 e. The Labute approximate surface area is 259 Å². The van der Waals surface area contributed by atoms with Crippen molar-refractivity contribution in [3.63, 3.8) is 0 Å². The molecule has 0 amide bonds. The largest absolute Gasteiger partial charge is 0.494 e. The lowest BCUT2D eigenvalue weighted by atomic mass is 10.1. The lowest BCUT2D eigenvalue weighted by Crippen LogP contribution is -1.96. The van der Waals surface area contributed by atoms with Crippen LogP contribution in [-0.4, -0.2) is 25.6 Å². The number of hydrogen-bond acceptors (Lipinski definition) is 6. The third kappa shape index (κ3) is 8.71. The molecule has 0 heterocycles. The molecule has 0 saturated carbocycles. The number of hydrogen-bond donors (Lipinski definition) is 0. The number of unbranched alkanes of at least 4 members (excludes halogenated alkanes) is 2. The van der Waals surface area contributed by atoms with Gasteiger partial charge in [0.25, 0.3) is 0 Å². The molecule has 0 fully saturated rings. The van der Waals surface area contributed by atoms with Crippen molar-refractivity contribution >= 4 is 46.0 Å². The summed E-state index contributed by atoms with van der Waals surface area (Å²) in [5, 5.41) is 11.1. The Hall–Kier alpha value is -5.10. The van der Waals surface area contributed by atoms with Gasteiger partial charge in [-0.1, -0.05) is 51.0 Å². The highest BCUT2D eigenvalue weighted by Crippen LogP contribution is 2.34. The first kappa shape index (κ1) is 30.4. The van der Waals surface area contributed by atoms with E-state index in [1.165, 1.54) is 0 Å². The zero-order valence-corrected chi connectivity index (χ0v) is 25.4. The molecular formula is C38H38N4O2. The molecule has 0 N–H and O–H groups in total. The molecule has 0 aliphatic carbocycles. The number of rotatable bonds is 14. The highest BCUT2D eigenvalue weighted by Gasteiger charge is 2.05. The Morgan fingerprint density at radius 2 is 1.00 bits per heavy atom. The van der Waals surface area contributed by atoms with Crippen molar-refractivity contribution in [1.82, 2.24) is 0 Å². The molecule has 5 aromatic rings. The normalized spacial score (nSPS) is 11.7. The quantitative estimate of drug-likeness (QED) is 0.0742. The molecule has 0 saturated heterocycles. The minimum atomic E-state index is 0.741.